The van der Waals surface area contributed by atoms with Gasteiger partial charge in [0, 0.05) is 6.54 Å². The first-order valence-corrected chi connectivity index (χ1v) is 11.8. The lowest BCUT2D eigenvalue weighted by molar-refractivity contribution is -0.192. The van der Waals surface area contributed by atoms with E-state index in [0.29, 0.717) is 12.0 Å². The molecule has 2 aromatic rings. The second-order valence-corrected chi connectivity index (χ2v) is 9.22. The molecule has 0 heterocycles. The van der Waals surface area contributed by atoms with Gasteiger partial charge in [-0.15, -0.1) is 0 Å². The number of amides is 2. The van der Waals surface area contributed by atoms with Crippen LogP contribution in [0.4, 0.5) is 18.0 Å². The summed E-state index contributed by atoms with van der Waals surface area (Å²) in [6.45, 7) is 5.27. The molecular formula is C26H31F3N2O9. The molecule has 0 aromatic heterocycles. The van der Waals surface area contributed by atoms with Crippen LogP contribution < -0.4 is 10.6 Å². The highest BCUT2D eigenvalue weighted by molar-refractivity contribution is 5.89. The smallest absolute Gasteiger partial charge is 0.490 e. The number of phenolic OH excluding ortho intramolecular Hbond substituents is 2. The number of hydrogen-bond donors (Lipinski definition) is 5. The van der Waals surface area contributed by atoms with E-state index in [4.69, 9.17) is 19.4 Å². The van der Waals surface area contributed by atoms with E-state index < -0.39 is 41.8 Å². The van der Waals surface area contributed by atoms with Gasteiger partial charge in [0.25, 0.3) is 0 Å². The maximum atomic E-state index is 12.7. The van der Waals surface area contributed by atoms with E-state index in [2.05, 4.69) is 10.6 Å². The first-order valence-electron chi connectivity index (χ1n) is 11.8. The van der Waals surface area contributed by atoms with Crippen LogP contribution in [0.15, 0.2) is 48.5 Å². The number of nitrogens with one attached hydrogen (secondary N) is 2. The van der Waals surface area contributed by atoms with Crippen molar-refractivity contribution in [2.75, 3.05) is 6.54 Å². The number of halogens is 3. The minimum atomic E-state index is -5.08. The Kier molecular flexibility index (Phi) is 12.7. The molecule has 5 N–H and O–H groups in total. The number of esters is 1. The number of ether oxygens (including phenoxy) is 2. The van der Waals surface area contributed by atoms with Gasteiger partial charge in [0.1, 0.15) is 18.2 Å². The number of aliphatic carboxylic acids is 1. The predicted octanol–water partition coefficient (Wildman–Crippen LogP) is 3.42. The Bertz CT molecular complexity index is 1150. The van der Waals surface area contributed by atoms with Crippen molar-refractivity contribution in [1.29, 1.82) is 0 Å². The third-order valence-electron chi connectivity index (χ3n) is 4.62. The zero-order valence-electron chi connectivity index (χ0n) is 21.9. The number of phenols is 2. The SMILES string of the molecule is CC(C)(C)OC(=O)N[C@@H](CC(=O)OCc1ccccc1)C(=O)NCCc1ccc(O)c(O)c1.O=C(O)C(F)(F)F. The number of benzene rings is 2. The van der Waals surface area contributed by atoms with Gasteiger partial charge < -0.3 is 35.4 Å². The van der Waals surface area contributed by atoms with Crippen LogP contribution >= 0.6 is 0 Å². The standard InChI is InChI=1S/C24H30N2O7.C2HF3O2/c1-24(2,3)33-23(31)26-18(14-21(29)32-15-17-7-5-4-6-8-17)22(30)25-12-11-16-9-10-19(27)20(28)13-16;3-2(4,5)1(6)7/h4-10,13,18,27-28H,11-12,14-15H2,1-3H3,(H,25,30)(H,26,31);(H,6,7)/t18-;/m0./s1. The summed E-state index contributed by atoms with van der Waals surface area (Å²) in [5.41, 5.74) is 0.702. The molecule has 0 aliphatic rings. The van der Waals surface area contributed by atoms with Gasteiger partial charge in [-0.1, -0.05) is 36.4 Å². The topological polar surface area (TPSA) is 171 Å². The van der Waals surface area contributed by atoms with E-state index in [1.54, 1.807) is 39.0 Å². The van der Waals surface area contributed by atoms with Crippen molar-refractivity contribution >= 4 is 23.9 Å². The van der Waals surface area contributed by atoms with E-state index in [1.165, 1.54) is 12.1 Å². The first-order chi connectivity index (χ1) is 18.5. The number of carboxylic acids is 1. The second kappa shape index (κ2) is 15.2. The predicted molar refractivity (Wildman–Crippen MR) is 134 cm³/mol. The fraction of sp³-hybridized carbons (Fsp3) is 0.385. The highest BCUT2D eigenvalue weighted by Crippen LogP contribution is 2.24. The lowest BCUT2D eigenvalue weighted by Gasteiger charge is -2.23. The number of alkyl halides is 3. The molecular weight excluding hydrogens is 541 g/mol. The summed E-state index contributed by atoms with van der Waals surface area (Å²) in [6, 6.07) is 12.2. The largest absolute Gasteiger partial charge is 0.504 e. The van der Waals surface area contributed by atoms with E-state index in [1.807, 2.05) is 18.2 Å². The molecule has 0 bridgehead atoms. The molecule has 0 saturated carbocycles. The van der Waals surface area contributed by atoms with Gasteiger partial charge >= 0.3 is 24.2 Å². The molecule has 2 rings (SSSR count). The summed E-state index contributed by atoms with van der Waals surface area (Å²) < 4.78 is 42.2. The Balaban J connectivity index is 0.00000101. The molecule has 2 amide bonds. The molecule has 0 unspecified atom stereocenters. The maximum Gasteiger partial charge on any atom is 0.490 e. The number of carbonyl (C=O) groups excluding carboxylic acids is 3. The number of carbonyl (C=O) groups is 4. The monoisotopic (exact) mass is 572 g/mol. The van der Waals surface area contributed by atoms with Crippen molar-refractivity contribution in [2.45, 2.75) is 58.0 Å². The van der Waals surface area contributed by atoms with Crippen molar-refractivity contribution in [3.63, 3.8) is 0 Å². The van der Waals surface area contributed by atoms with Gasteiger partial charge in [-0.25, -0.2) is 9.59 Å². The first kappa shape index (κ1) is 33.5. The zero-order valence-corrected chi connectivity index (χ0v) is 21.9. The van der Waals surface area contributed by atoms with Gasteiger partial charge in [0.15, 0.2) is 11.5 Å². The molecule has 0 aliphatic carbocycles. The molecule has 1 atom stereocenters. The summed E-state index contributed by atoms with van der Waals surface area (Å²) in [5.74, 6) is -4.49. The van der Waals surface area contributed by atoms with Crippen LogP contribution in [0.3, 0.4) is 0 Å². The lowest BCUT2D eigenvalue weighted by Crippen LogP contribution is -2.49. The molecule has 2 aromatic carbocycles. The molecule has 14 heteroatoms. The average molecular weight is 573 g/mol. The van der Waals surface area contributed by atoms with E-state index in [-0.39, 0.29) is 31.1 Å². The molecule has 0 saturated heterocycles. The number of hydrogen-bond acceptors (Lipinski definition) is 8. The zero-order chi connectivity index (χ0) is 30.5. The third kappa shape index (κ3) is 13.9. The Morgan fingerprint density at radius 1 is 0.925 bits per heavy atom. The van der Waals surface area contributed by atoms with Crippen LogP contribution in [-0.4, -0.2) is 63.6 Å². The maximum absolute atomic E-state index is 12.7. The quantitative estimate of drug-likeness (QED) is 0.223. The van der Waals surface area contributed by atoms with Crippen LogP contribution in [0.2, 0.25) is 0 Å². The van der Waals surface area contributed by atoms with Crippen LogP contribution in [0.5, 0.6) is 11.5 Å². The Morgan fingerprint density at radius 3 is 2.05 bits per heavy atom. The molecule has 40 heavy (non-hydrogen) atoms. The number of aromatic hydroxyl groups is 2. The van der Waals surface area contributed by atoms with Gasteiger partial charge in [0.05, 0.1) is 6.42 Å². The van der Waals surface area contributed by atoms with Gasteiger partial charge in [-0.3, -0.25) is 9.59 Å². The fourth-order valence-electron chi connectivity index (χ4n) is 2.80. The Morgan fingerprint density at radius 2 is 1.52 bits per heavy atom. The van der Waals surface area contributed by atoms with Crippen LogP contribution in [0.25, 0.3) is 0 Å². The summed E-state index contributed by atoms with van der Waals surface area (Å²) in [5, 5.41) is 31.1. The van der Waals surface area contributed by atoms with Gasteiger partial charge in [0.2, 0.25) is 5.91 Å². The highest BCUT2D eigenvalue weighted by Gasteiger charge is 2.38. The van der Waals surface area contributed by atoms with Crippen LogP contribution in [0, 0.1) is 0 Å². The van der Waals surface area contributed by atoms with E-state index in [9.17, 15) is 37.8 Å². The molecule has 0 aliphatic heterocycles. The van der Waals surface area contributed by atoms with E-state index >= 15 is 0 Å². The highest BCUT2D eigenvalue weighted by atomic mass is 19.4. The van der Waals surface area contributed by atoms with E-state index in [0.717, 1.165) is 5.56 Å². The molecule has 0 radical (unpaired) electrons. The summed E-state index contributed by atoms with van der Waals surface area (Å²) in [6.07, 6.45) is -5.93. The minimum absolute atomic E-state index is 0.0464. The van der Waals surface area contributed by atoms with Crippen molar-refractivity contribution in [2.24, 2.45) is 0 Å². The van der Waals surface area contributed by atoms with Crippen molar-refractivity contribution in [3.05, 3.63) is 59.7 Å². The average Bonchev–Trinajstić information content (AvgIpc) is 2.83. The lowest BCUT2D eigenvalue weighted by atomic mass is 10.1. The normalized spacial score (nSPS) is 11.8. The van der Waals surface area contributed by atoms with Crippen LogP contribution in [-0.2, 0) is 36.9 Å². The molecule has 220 valence electrons. The fourth-order valence-corrected chi connectivity index (χ4v) is 2.80. The summed E-state index contributed by atoms with van der Waals surface area (Å²) in [7, 11) is 0. The van der Waals surface area contributed by atoms with Crippen LogP contribution in [0.1, 0.15) is 38.3 Å². The van der Waals surface area contributed by atoms with Gasteiger partial charge in [-0.2, -0.15) is 13.2 Å². The van der Waals surface area contributed by atoms with Crippen molar-refractivity contribution in [1.82, 2.24) is 10.6 Å². The second-order valence-electron chi connectivity index (χ2n) is 9.22. The molecule has 0 fully saturated rings. The summed E-state index contributed by atoms with van der Waals surface area (Å²) >= 11 is 0. The third-order valence-corrected chi connectivity index (χ3v) is 4.62. The van der Waals surface area contributed by atoms with Gasteiger partial charge in [-0.05, 0) is 50.5 Å². The van der Waals surface area contributed by atoms with Crippen molar-refractivity contribution < 1.29 is 57.1 Å². The summed E-state index contributed by atoms with van der Waals surface area (Å²) in [4.78, 5) is 46.1. The molecule has 0 spiro atoms. The Labute approximate surface area is 227 Å². The number of alkyl carbamates (subject to hydrolysis) is 1. The molecule has 11 nitrogen and oxygen atoms in total. The number of rotatable bonds is 9. The number of carboxylic acid groups (broad SMARTS) is 1. The Hall–Kier alpha value is -4.49. The van der Waals surface area contributed by atoms with Crippen molar-refractivity contribution in [3.8, 4) is 11.5 Å². The minimum Gasteiger partial charge on any atom is -0.504 e.